The second-order valence-corrected chi connectivity index (χ2v) is 9.70. The van der Waals surface area contributed by atoms with Crippen LogP contribution >= 0.6 is 0 Å². The lowest BCUT2D eigenvalue weighted by molar-refractivity contribution is 0.588. The number of rotatable bonds is 5. The lowest BCUT2D eigenvalue weighted by atomic mass is 10.1. The van der Waals surface area contributed by atoms with Gasteiger partial charge in [0, 0.05) is 33.4 Å². The maximum atomic E-state index is 6.07. The number of aromatic nitrogens is 2. The van der Waals surface area contributed by atoms with Crippen LogP contribution in [0, 0.1) is 12.3 Å². The van der Waals surface area contributed by atoms with Crippen molar-refractivity contribution in [1.82, 2.24) is 9.55 Å². The van der Waals surface area contributed by atoms with Crippen molar-refractivity contribution in [1.29, 1.82) is 0 Å². The van der Waals surface area contributed by atoms with Crippen LogP contribution in [0.3, 0.4) is 0 Å². The molecule has 4 heteroatoms. The topological polar surface area (TPSA) is 34.2 Å². The Morgan fingerprint density at radius 3 is 1.88 bits per heavy atom. The van der Waals surface area contributed by atoms with Gasteiger partial charge in [-0.15, -0.1) is 6.42 Å². The minimum absolute atomic E-state index is 0.464. The Morgan fingerprint density at radius 1 is 0.750 bits per heavy atom. The van der Waals surface area contributed by atoms with E-state index in [0.29, 0.717) is 11.5 Å². The Kier molecular flexibility index (Phi) is 5.69. The summed E-state index contributed by atoms with van der Waals surface area (Å²) in [5.74, 6) is 3.21. The fourth-order valence-electron chi connectivity index (χ4n) is 5.54. The Morgan fingerprint density at radius 2 is 1.30 bits per heavy atom. The fraction of sp³-hybridized carbons (Fsp3) is 0.0278. The molecule has 0 radical (unpaired) electrons. The van der Waals surface area contributed by atoms with Gasteiger partial charge >= 0.3 is 0 Å². The smallest absolute Gasteiger partial charge is 0.228 e. The van der Waals surface area contributed by atoms with E-state index in [1.807, 2.05) is 42.6 Å². The molecule has 4 nitrogen and oxygen atoms in total. The van der Waals surface area contributed by atoms with Gasteiger partial charge in [-0.3, -0.25) is 0 Å². The van der Waals surface area contributed by atoms with E-state index in [2.05, 4.69) is 107 Å². The Balaban J connectivity index is 1.44. The maximum Gasteiger partial charge on any atom is 0.228 e. The summed E-state index contributed by atoms with van der Waals surface area (Å²) < 4.78 is 8.35. The molecule has 0 saturated heterocycles. The fourth-order valence-corrected chi connectivity index (χ4v) is 5.54. The van der Waals surface area contributed by atoms with Crippen molar-refractivity contribution in [2.75, 3.05) is 4.90 Å². The molecule has 190 valence electrons. The van der Waals surface area contributed by atoms with Crippen LogP contribution in [0.1, 0.15) is 18.2 Å². The van der Waals surface area contributed by atoms with E-state index in [0.717, 1.165) is 44.7 Å². The number of furan rings is 1. The normalized spacial score (nSPS) is 11.8. The Hall–Kier alpha value is -5.53. The average molecular weight is 516 g/mol. The molecule has 3 aromatic heterocycles. The van der Waals surface area contributed by atoms with Crippen molar-refractivity contribution in [3.63, 3.8) is 0 Å². The summed E-state index contributed by atoms with van der Waals surface area (Å²) in [5.41, 5.74) is 7.66. The van der Waals surface area contributed by atoms with E-state index < -0.39 is 0 Å². The molecule has 0 aliphatic heterocycles. The summed E-state index contributed by atoms with van der Waals surface area (Å²) in [6, 6.07) is 39.6. The summed E-state index contributed by atoms with van der Waals surface area (Å²) in [5, 5.41) is 3.29. The number of fused-ring (bicyclic) bond motifs is 4. The molecule has 0 spiro atoms. The van der Waals surface area contributed by atoms with Crippen molar-refractivity contribution in [3.8, 4) is 12.3 Å². The number of benzene rings is 4. The molecule has 0 fully saturated rings. The molecule has 0 atom stereocenters. The third-order valence-electron chi connectivity index (χ3n) is 7.27. The van der Waals surface area contributed by atoms with E-state index in [9.17, 15) is 0 Å². The van der Waals surface area contributed by atoms with Crippen molar-refractivity contribution in [2.24, 2.45) is 0 Å². The van der Waals surface area contributed by atoms with Crippen LogP contribution in [0.4, 0.5) is 17.1 Å². The zero-order valence-corrected chi connectivity index (χ0v) is 22.0. The minimum Gasteiger partial charge on any atom is -0.429 e. The van der Waals surface area contributed by atoms with E-state index in [1.165, 1.54) is 10.8 Å². The zero-order valence-electron chi connectivity index (χ0n) is 22.0. The number of para-hydroxylation sites is 4. The van der Waals surface area contributed by atoms with Crippen LogP contribution in [0.15, 0.2) is 126 Å². The molecule has 4 aromatic carbocycles. The molecule has 3 heterocycles. The van der Waals surface area contributed by atoms with Crippen LogP contribution in [-0.4, -0.2) is 9.55 Å². The van der Waals surface area contributed by atoms with Crippen molar-refractivity contribution >= 4 is 61.7 Å². The molecule has 7 rings (SSSR count). The van der Waals surface area contributed by atoms with Gasteiger partial charge in [-0.25, -0.2) is 4.98 Å². The first kappa shape index (κ1) is 23.6. The molecule has 0 N–H and O–H groups in total. The summed E-state index contributed by atoms with van der Waals surface area (Å²) in [6.45, 7) is 2.11. The summed E-state index contributed by atoms with van der Waals surface area (Å²) in [7, 11) is 0. The molecule has 0 unspecified atom stereocenters. The maximum absolute atomic E-state index is 6.07. The Labute approximate surface area is 232 Å². The lowest BCUT2D eigenvalue weighted by Crippen LogP contribution is -2.09. The van der Waals surface area contributed by atoms with E-state index >= 15 is 0 Å². The van der Waals surface area contributed by atoms with Gasteiger partial charge in [0.25, 0.3) is 0 Å². The number of hydrogen-bond donors (Lipinski definition) is 0. The average Bonchev–Trinajstić information content (AvgIpc) is 3.53. The summed E-state index contributed by atoms with van der Waals surface area (Å²) in [4.78, 5) is 6.90. The Bertz CT molecular complexity index is 1980. The monoisotopic (exact) mass is 515 g/mol. The zero-order chi connectivity index (χ0) is 27.1. The van der Waals surface area contributed by atoms with Gasteiger partial charge in [-0.05, 0) is 61.4 Å². The second-order valence-electron chi connectivity index (χ2n) is 9.70. The van der Waals surface area contributed by atoms with Gasteiger partial charge in [-0.2, -0.15) is 0 Å². The number of pyridine rings is 1. The van der Waals surface area contributed by atoms with E-state index in [1.54, 1.807) is 0 Å². The highest BCUT2D eigenvalue weighted by Gasteiger charge is 2.19. The van der Waals surface area contributed by atoms with Gasteiger partial charge in [0.15, 0.2) is 5.76 Å². The summed E-state index contributed by atoms with van der Waals surface area (Å²) >= 11 is 0. The first-order valence-corrected chi connectivity index (χ1v) is 13.2. The number of hydrogen-bond acceptors (Lipinski definition) is 3. The molecule has 40 heavy (non-hydrogen) atoms. The summed E-state index contributed by atoms with van der Waals surface area (Å²) in [6.07, 6.45) is 9.90. The van der Waals surface area contributed by atoms with Crippen LogP contribution in [0.2, 0.25) is 0 Å². The van der Waals surface area contributed by atoms with Crippen LogP contribution in [0.25, 0.3) is 44.7 Å². The van der Waals surface area contributed by atoms with Crippen LogP contribution in [-0.2, 0) is 0 Å². The standard InChI is InChI=1S/C36H25N3O/c1-3-35-31(22-25(2)38-33-20-12-10-18-29(33)30-19-11-13-21-34(30)38)32-23-28(24-37-36(32)40-35)39(26-14-6-4-7-15-26)27-16-8-5-9-17-27/h1,4-24H,2H3/b25-22+. The quantitative estimate of drug-likeness (QED) is 0.214. The van der Waals surface area contributed by atoms with Crippen molar-refractivity contribution in [3.05, 3.63) is 133 Å². The van der Waals surface area contributed by atoms with Crippen LogP contribution < -0.4 is 4.90 Å². The highest BCUT2D eigenvalue weighted by Crippen LogP contribution is 2.38. The highest BCUT2D eigenvalue weighted by molar-refractivity contribution is 6.10. The van der Waals surface area contributed by atoms with Gasteiger partial charge in [0.05, 0.1) is 28.3 Å². The number of nitrogens with zero attached hydrogens (tertiary/aromatic N) is 3. The third kappa shape index (κ3) is 3.84. The molecular weight excluding hydrogens is 490 g/mol. The van der Waals surface area contributed by atoms with Gasteiger partial charge in [0.1, 0.15) is 0 Å². The first-order valence-electron chi connectivity index (χ1n) is 13.2. The van der Waals surface area contributed by atoms with E-state index in [-0.39, 0.29) is 0 Å². The second kappa shape index (κ2) is 9.65. The first-order chi connectivity index (χ1) is 19.7. The molecule has 0 aliphatic carbocycles. The van der Waals surface area contributed by atoms with Crippen molar-refractivity contribution in [2.45, 2.75) is 6.92 Å². The largest absolute Gasteiger partial charge is 0.429 e. The molecule has 0 amide bonds. The van der Waals surface area contributed by atoms with E-state index in [4.69, 9.17) is 15.8 Å². The molecule has 0 saturated carbocycles. The lowest BCUT2D eigenvalue weighted by Gasteiger charge is -2.25. The molecule has 7 aromatic rings. The van der Waals surface area contributed by atoms with Crippen molar-refractivity contribution < 1.29 is 4.42 Å². The highest BCUT2D eigenvalue weighted by atomic mass is 16.3. The van der Waals surface area contributed by atoms with Gasteiger partial charge < -0.3 is 13.9 Å². The molecular formula is C36H25N3O. The van der Waals surface area contributed by atoms with Gasteiger partial charge in [0.2, 0.25) is 5.71 Å². The predicted molar refractivity (Wildman–Crippen MR) is 166 cm³/mol. The predicted octanol–water partition coefficient (Wildman–Crippen LogP) is 9.40. The molecule has 0 bridgehead atoms. The number of terminal acetylenes is 1. The SMILES string of the molecule is C#Cc1oc2ncc(N(c3ccccc3)c3ccccc3)cc2c1/C=C(\C)n1c2ccccc2c2ccccc21. The van der Waals surface area contributed by atoms with Gasteiger partial charge in [-0.1, -0.05) is 72.8 Å². The minimum atomic E-state index is 0.464. The van der Waals surface area contributed by atoms with Crippen LogP contribution in [0.5, 0.6) is 0 Å². The number of anilines is 3. The molecule has 0 aliphatic rings. The third-order valence-corrected chi connectivity index (χ3v) is 7.27. The number of allylic oxidation sites excluding steroid dienone is 1.